The van der Waals surface area contributed by atoms with Crippen LogP contribution in [-0.2, 0) is 16.1 Å². The van der Waals surface area contributed by atoms with E-state index in [1.165, 1.54) is 4.90 Å². The first-order chi connectivity index (χ1) is 14.1. The fourth-order valence-electron chi connectivity index (χ4n) is 3.49. The van der Waals surface area contributed by atoms with Crippen molar-refractivity contribution in [2.24, 2.45) is 0 Å². The molecule has 29 heavy (non-hydrogen) atoms. The van der Waals surface area contributed by atoms with Crippen molar-refractivity contribution < 1.29 is 14.3 Å². The van der Waals surface area contributed by atoms with Crippen molar-refractivity contribution in [2.45, 2.75) is 33.7 Å². The monoisotopic (exact) mass is 392 g/mol. The lowest BCUT2D eigenvalue weighted by molar-refractivity contribution is -0.137. The highest BCUT2D eigenvalue weighted by molar-refractivity contribution is 6.35. The van der Waals surface area contributed by atoms with E-state index in [9.17, 15) is 9.59 Å². The van der Waals surface area contributed by atoms with Gasteiger partial charge < -0.3 is 9.64 Å². The molecule has 5 nitrogen and oxygen atoms in total. The second kappa shape index (κ2) is 9.41. The molecule has 1 aliphatic rings. The number of hydrogen-bond donors (Lipinski definition) is 0. The van der Waals surface area contributed by atoms with E-state index >= 15 is 0 Å². The lowest BCUT2D eigenvalue weighted by Gasteiger charge is -2.24. The summed E-state index contributed by atoms with van der Waals surface area (Å²) in [5.41, 5.74) is 2.78. The number of hydrogen-bond acceptors (Lipinski definition) is 4. The lowest BCUT2D eigenvalue weighted by atomic mass is 10.0. The number of likely N-dealkylation sites (N-methyl/N-ethyl adjacent to an activating group) is 2. The zero-order valence-corrected chi connectivity index (χ0v) is 17.4. The highest BCUT2D eigenvalue weighted by atomic mass is 16.5. The average Bonchev–Trinajstić information content (AvgIpc) is 3.01. The summed E-state index contributed by atoms with van der Waals surface area (Å²) in [7, 11) is 0. The van der Waals surface area contributed by atoms with Gasteiger partial charge in [0.1, 0.15) is 11.4 Å². The van der Waals surface area contributed by atoms with Gasteiger partial charge in [0.2, 0.25) is 0 Å². The average molecular weight is 392 g/mol. The van der Waals surface area contributed by atoms with Crippen molar-refractivity contribution >= 4 is 17.4 Å². The van der Waals surface area contributed by atoms with Gasteiger partial charge in [0, 0.05) is 19.6 Å². The summed E-state index contributed by atoms with van der Waals surface area (Å²) >= 11 is 0. The van der Waals surface area contributed by atoms with Crippen LogP contribution in [0.25, 0.3) is 5.57 Å². The first-order valence-electron chi connectivity index (χ1n) is 10.2. The van der Waals surface area contributed by atoms with Crippen LogP contribution in [0.2, 0.25) is 0 Å². The summed E-state index contributed by atoms with van der Waals surface area (Å²) in [6.07, 6.45) is 0.931. The molecule has 2 amide bonds. The van der Waals surface area contributed by atoms with Crippen molar-refractivity contribution in [3.8, 4) is 5.75 Å². The van der Waals surface area contributed by atoms with Gasteiger partial charge in [-0.1, -0.05) is 49.4 Å². The molecule has 5 heteroatoms. The van der Waals surface area contributed by atoms with Crippen molar-refractivity contribution in [3.05, 3.63) is 71.4 Å². The summed E-state index contributed by atoms with van der Waals surface area (Å²) in [6.45, 7) is 8.08. The molecule has 1 aliphatic heterocycles. The van der Waals surface area contributed by atoms with E-state index in [0.29, 0.717) is 37.5 Å². The third-order valence-corrected chi connectivity index (χ3v) is 4.99. The predicted molar refractivity (Wildman–Crippen MR) is 114 cm³/mol. The second-order valence-electron chi connectivity index (χ2n) is 6.95. The molecule has 2 aromatic carbocycles. The number of carbonyl (C=O) groups is 2. The van der Waals surface area contributed by atoms with Gasteiger partial charge in [0.15, 0.2) is 0 Å². The molecule has 0 N–H and O–H groups in total. The summed E-state index contributed by atoms with van der Waals surface area (Å²) in [4.78, 5) is 29.5. The summed E-state index contributed by atoms with van der Waals surface area (Å²) < 4.78 is 5.65. The minimum atomic E-state index is -0.235. The molecule has 0 saturated heterocycles. The molecule has 152 valence electrons. The molecule has 1 heterocycles. The Morgan fingerprint density at radius 3 is 2.17 bits per heavy atom. The Morgan fingerprint density at radius 1 is 0.897 bits per heavy atom. The van der Waals surface area contributed by atoms with E-state index < -0.39 is 0 Å². The smallest absolute Gasteiger partial charge is 0.277 e. The minimum absolute atomic E-state index is 0.225. The van der Waals surface area contributed by atoms with Crippen molar-refractivity contribution in [1.82, 2.24) is 9.80 Å². The lowest BCUT2D eigenvalue weighted by Crippen LogP contribution is -2.34. The van der Waals surface area contributed by atoms with Crippen LogP contribution in [0, 0.1) is 0 Å². The van der Waals surface area contributed by atoms with Gasteiger partial charge in [-0.25, -0.2) is 0 Å². The van der Waals surface area contributed by atoms with E-state index in [0.717, 1.165) is 23.3 Å². The minimum Gasteiger partial charge on any atom is -0.494 e. The number of rotatable bonds is 9. The topological polar surface area (TPSA) is 49.9 Å². The molecular formula is C24H28N2O3. The molecule has 0 unspecified atom stereocenters. The van der Waals surface area contributed by atoms with Crippen LogP contribution in [0.15, 0.2) is 60.3 Å². The largest absolute Gasteiger partial charge is 0.494 e. The van der Waals surface area contributed by atoms with Crippen LogP contribution in [0.1, 0.15) is 38.3 Å². The number of ether oxygens (including phenoxy) is 1. The van der Waals surface area contributed by atoms with Gasteiger partial charge in [-0.2, -0.15) is 0 Å². The number of carbonyl (C=O) groups excluding carboxylic acids is 2. The molecule has 0 atom stereocenters. The Labute approximate surface area is 172 Å². The second-order valence-corrected chi connectivity index (χ2v) is 6.95. The van der Waals surface area contributed by atoms with Crippen LogP contribution in [0.4, 0.5) is 0 Å². The van der Waals surface area contributed by atoms with Crippen molar-refractivity contribution in [1.29, 1.82) is 0 Å². The maximum atomic E-state index is 13.1. The third-order valence-electron chi connectivity index (χ3n) is 4.99. The Hall–Kier alpha value is -3.08. The van der Waals surface area contributed by atoms with Crippen LogP contribution in [0.5, 0.6) is 5.75 Å². The third kappa shape index (κ3) is 4.34. The summed E-state index contributed by atoms with van der Waals surface area (Å²) in [6, 6.07) is 17.4. The molecule has 3 rings (SSSR count). The zero-order valence-electron chi connectivity index (χ0n) is 17.4. The molecule has 0 spiro atoms. The number of nitrogens with zero attached hydrogens (tertiary/aromatic N) is 2. The Balaban J connectivity index is 2.00. The predicted octanol–water partition coefficient (Wildman–Crippen LogP) is 4.10. The van der Waals surface area contributed by atoms with Gasteiger partial charge in [-0.3, -0.25) is 14.5 Å². The maximum absolute atomic E-state index is 13.1. The number of benzene rings is 2. The van der Waals surface area contributed by atoms with E-state index in [1.807, 2.05) is 73.3 Å². The molecule has 0 saturated carbocycles. The van der Waals surface area contributed by atoms with Crippen LogP contribution < -0.4 is 4.74 Å². The molecular weight excluding hydrogens is 364 g/mol. The van der Waals surface area contributed by atoms with Crippen LogP contribution >= 0.6 is 0 Å². The Morgan fingerprint density at radius 2 is 1.59 bits per heavy atom. The molecule has 0 aromatic heterocycles. The Bertz CT molecular complexity index is 888. The van der Waals surface area contributed by atoms with E-state index in [-0.39, 0.29) is 11.8 Å². The molecule has 0 aliphatic carbocycles. The van der Waals surface area contributed by atoms with Gasteiger partial charge in [-0.15, -0.1) is 0 Å². The van der Waals surface area contributed by atoms with Crippen LogP contribution in [-0.4, -0.2) is 41.3 Å². The Kier molecular flexibility index (Phi) is 6.70. The normalized spacial score (nSPS) is 14.0. The maximum Gasteiger partial charge on any atom is 0.277 e. The quantitative estimate of drug-likeness (QED) is 0.603. The van der Waals surface area contributed by atoms with Gasteiger partial charge in [0.05, 0.1) is 12.2 Å². The molecule has 2 aromatic rings. The summed E-state index contributed by atoms with van der Waals surface area (Å²) in [5.74, 6) is 0.302. The highest BCUT2D eigenvalue weighted by Gasteiger charge is 2.40. The molecule has 0 bridgehead atoms. The van der Waals surface area contributed by atoms with E-state index in [1.54, 1.807) is 0 Å². The van der Waals surface area contributed by atoms with E-state index in [2.05, 4.69) is 6.92 Å². The molecule has 0 fully saturated rings. The first kappa shape index (κ1) is 20.6. The van der Waals surface area contributed by atoms with Crippen LogP contribution in [0.3, 0.4) is 0 Å². The van der Waals surface area contributed by atoms with E-state index in [4.69, 9.17) is 4.74 Å². The number of imide groups is 1. The van der Waals surface area contributed by atoms with Gasteiger partial charge in [0.25, 0.3) is 11.8 Å². The molecule has 0 radical (unpaired) electrons. The highest BCUT2D eigenvalue weighted by Crippen LogP contribution is 2.33. The first-order valence-corrected chi connectivity index (χ1v) is 10.2. The SMILES string of the molecule is CCCOc1ccc(C2=C(N(CC)Cc3ccccc3)C(=O)N(CC)C2=O)cc1. The standard InChI is InChI=1S/C24H28N2O3/c1-4-16-29-20-14-12-19(13-15-20)21-22(24(28)26(6-3)23(21)27)25(5-2)17-18-10-8-7-9-11-18/h7-15H,4-6,16-17H2,1-3H3. The summed E-state index contributed by atoms with van der Waals surface area (Å²) in [5, 5.41) is 0. The zero-order chi connectivity index (χ0) is 20.8. The van der Waals surface area contributed by atoms with Crippen molar-refractivity contribution in [3.63, 3.8) is 0 Å². The fourth-order valence-corrected chi connectivity index (χ4v) is 3.49. The van der Waals surface area contributed by atoms with Gasteiger partial charge >= 0.3 is 0 Å². The van der Waals surface area contributed by atoms with Crippen molar-refractivity contribution in [2.75, 3.05) is 19.7 Å². The number of amides is 2. The fraction of sp³-hybridized carbons (Fsp3) is 0.333. The van der Waals surface area contributed by atoms with Gasteiger partial charge in [-0.05, 0) is 43.5 Å².